The Balaban J connectivity index is 2.19. The van der Waals surface area contributed by atoms with E-state index in [-0.39, 0.29) is 0 Å². The maximum Gasteiger partial charge on any atom is 0.226 e. The van der Waals surface area contributed by atoms with E-state index in [1.807, 2.05) is 0 Å². The van der Waals surface area contributed by atoms with Crippen LogP contribution in [0.2, 0.25) is 0 Å². The molecule has 0 amide bonds. The summed E-state index contributed by atoms with van der Waals surface area (Å²) in [6.07, 6.45) is 4.15. The lowest BCUT2D eigenvalue weighted by Gasteiger charge is -1.90. The fourth-order valence-corrected chi connectivity index (χ4v) is 0.945. The standard InChI is InChI=1S/C8H12N2O2/c1-7-9-8(12-10-7)5-3-2-4-6-11/h6H,2-5H2,1H3. The fraction of sp³-hybridized carbons (Fsp3) is 0.625. The van der Waals surface area contributed by atoms with Gasteiger partial charge >= 0.3 is 0 Å². The molecule has 0 fully saturated rings. The van der Waals surface area contributed by atoms with Gasteiger partial charge in [-0.2, -0.15) is 4.98 Å². The molecule has 0 radical (unpaired) electrons. The van der Waals surface area contributed by atoms with E-state index in [2.05, 4.69) is 10.1 Å². The average molecular weight is 168 g/mol. The molecular weight excluding hydrogens is 156 g/mol. The second kappa shape index (κ2) is 4.64. The Kier molecular flexibility index (Phi) is 3.44. The minimum Gasteiger partial charge on any atom is -0.339 e. The van der Waals surface area contributed by atoms with Crippen LogP contribution in [-0.2, 0) is 11.2 Å². The molecule has 1 rings (SSSR count). The van der Waals surface area contributed by atoms with Crippen LogP contribution < -0.4 is 0 Å². The van der Waals surface area contributed by atoms with Gasteiger partial charge in [0.05, 0.1) is 0 Å². The number of rotatable bonds is 5. The summed E-state index contributed by atoms with van der Waals surface area (Å²) >= 11 is 0. The highest BCUT2D eigenvalue weighted by molar-refractivity contribution is 5.48. The van der Waals surface area contributed by atoms with E-state index >= 15 is 0 Å². The van der Waals surface area contributed by atoms with Crippen molar-refractivity contribution in [1.29, 1.82) is 0 Å². The van der Waals surface area contributed by atoms with Crippen molar-refractivity contribution >= 4 is 6.29 Å². The number of unbranched alkanes of at least 4 members (excludes halogenated alkanes) is 2. The molecule has 1 heterocycles. The minimum absolute atomic E-state index is 0.618. The van der Waals surface area contributed by atoms with Crippen molar-refractivity contribution in [3.63, 3.8) is 0 Å². The quantitative estimate of drug-likeness (QED) is 0.491. The third-order valence-corrected chi connectivity index (χ3v) is 1.53. The molecule has 0 saturated carbocycles. The Hall–Kier alpha value is -1.19. The molecule has 0 saturated heterocycles. The Labute approximate surface area is 71.0 Å². The third-order valence-electron chi connectivity index (χ3n) is 1.53. The van der Waals surface area contributed by atoms with Gasteiger partial charge in [0, 0.05) is 12.8 Å². The first-order valence-corrected chi connectivity index (χ1v) is 4.06. The smallest absolute Gasteiger partial charge is 0.226 e. The summed E-state index contributed by atoms with van der Waals surface area (Å²) in [5, 5.41) is 3.66. The molecule has 0 aliphatic carbocycles. The number of carbonyl (C=O) groups is 1. The number of nitrogens with zero attached hydrogens (tertiary/aromatic N) is 2. The number of aryl methyl sites for hydroxylation is 2. The van der Waals surface area contributed by atoms with E-state index in [1.165, 1.54) is 0 Å². The number of carbonyl (C=O) groups excluding carboxylic acids is 1. The summed E-state index contributed by atoms with van der Waals surface area (Å²) in [5.74, 6) is 1.33. The SMILES string of the molecule is Cc1noc(CCCCC=O)n1. The van der Waals surface area contributed by atoms with Gasteiger partial charge in [0.1, 0.15) is 6.29 Å². The predicted octanol–water partition coefficient (Wildman–Crippen LogP) is 1.29. The van der Waals surface area contributed by atoms with E-state index in [1.54, 1.807) is 6.92 Å². The van der Waals surface area contributed by atoms with E-state index in [0.29, 0.717) is 18.1 Å². The lowest BCUT2D eigenvalue weighted by atomic mass is 10.2. The van der Waals surface area contributed by atoms with Gasteiger partial charge < -0.3 is 9.32 Å². The van der Waals surface area contributed by atoms with Crippen molar-refractivity contribution in [2.24, 2.45) is 0 Å². The topological polar surface area (TPSA) is 56.0 Å². The maximum atomic E-state index is 9.97. The summed E-state index contributed by atoms with van der Waals surface area (Å²) in [5.41, 5.74) is 0. The van der Waals surface area contributed by atoms with E-state index in [4.69, 9.17) is 4.52 Å². The molecule has 0 aliphatic rings. The van der Waals surface area contributed by atoms with E-state index in [0.717, 1.165) is 25.5 Å². The van der Waals surface area contributed by atoms with Gasteiger partial charge in [-0.05, 0) is 19.8 Å². The van der Waals surface area contributed by atoms with Crippen molar-refractivity contribution < 1.29 is 9.32 Å². The maximum absolute atomic E-state index is 9.97. The predicted molar refractivity (Wildman–Crippen MR) is 42.7 cm³/mol. The molecule has 12 heavy (non-hydrogen) atoms. The molecular formula is C8H12N2O2. The van der Waals surface area contributed by atoms with Gasteiger partial charge in [0.2, 0.25) is 5.89 Å². The normalized spacial score (nSPS) is 10.1. The molecule has 0 unspecified atom stereocenters. The van der Waals surface area contributed by atoms with Crippen LogP contribution in [0.3, 0.4) is 0 Å². The van der Waals surface area contributed by atoms with Crippen molar-refractivity contribution in [1.82, 2.24) is 10.1 Å². The molecule has 0 N–H and O–H groups in total. The highest BCUT2D eigenvalue weighted by Gasteiger charge is 2.00. The largest absolute Gasteiger partial charge is 0.339 e. The van der Waals surface area contributed by atoms with Gasteiger partial charge in [0.25, 0.3) is 0 Å². The van der Waals surface area contributed by atoms with Gasteiger partial charge in [-0.25, -0.2) is 0 Å². The summed E-state index contributed by atoms with van der Waals surface area (Å²) in [7, 11) is 0. The van der Waals surface area contributed by atoms with Crippen LogP contribution >= 0.6 is 0 Å². The molecule has 1 aromatic rings. The van der Waals surface area contributed by atoms with Gasteiger partial charge in [-0.3, -0.25) is 0 Å². The van der Waals surface area contributed by atoms with Crippen LogP contribution in [0.4, 0.5) is 0 Å². The van der Waals surface area contributed by atoms with Gasteiger partial charge in [0.15, 0.2) is 5.82 Å². The minimum atomic E-state index is 0.618. The van der Waals surface area contributed by atoms with Crippen LogP contribution in [0, 0.1) is 6.92 Å². The molecule has 0 aromatic carbocycles. The molecule has 1 aromatic heterocycles. The molecule has 66 valence electrons. The van der Waals surface area contributed by atoms with E-state index < -0.39 is 0 Å². The Morgan fingerprint density at radius 1 is 1.50 bits per heavy atom. The summed E-state index contributed by atoms with van der Waals surface area (Å²) < 4.78 is 4.90. The first-order chi connectivity index (χ1) is 5.83. The highest BCUT2D eigenvalue weighted by Crippen LogP contribution is 2.03. The molecule has 0 atom stereocenters. The molecule has 0 aliphatic heterocycles. The van der Waals surface area contributed by atoms with E-state index in [9.17, 15) is 4.79 Å². The van der Waals surface area contributed by atoms with Crippen molar-refractivity contribution in [2.45, 2.75) is 32.6 Å². The molecule has 0 spiro atoms. The number of hydrogen-bond acceptors (Lipinski definition) is 4. The lowest BCUT2D eigenvalue weighted by Crippen LogP contribution is -1.86. The fourth-order valence-electron chi connectivity index (χ4n) is 0.945. The van der Waals surface area contributed by atoms with Crippen molar-refractivity contribution in [2.75, 3.05) is 0 Å². The lowest BCUT2D eigenvalue weighted by molar-refractivity contribution is -0.107. The molecule has 4 nitrogen and oxygen atoms in total. The summed E-state index contributed by atoms with van der Waals surface area (Å²) in [4.78, 5) is 14.0. The van der Waals surface area contributed by atoms with Crippen LogP contribution in [0.1, 0.15) is 31.0 Å². The number of aldehydes is 1. The molecule has 4 heteroatoms. The number of aromatic nitrogens is 2. The number of hydrogen-bond donors (Lipinski definition) is 0. The van der Waals surface area contributed by atoms with Crippen LogP contribution in [0.5, 0.6) is 0 Å². The first-order valence-electron chi connectivity index (χ1n) is 4.06. The Bertz CT molecular complexity index is 245. The van der Waals surface area contributed by atoms with Crippen molar-refractivity contribution in [3.8, 4) is 0 Å². The Morgan fingerprint density at radius 3 is 2.92 bits per heavy atom. The average Bonchev–Trinajstić information content (AvgIpc) is 2.45. The second-order valence-electron chi connectivity index (χ2n) is 2.65. The van der Waals surface area contributed by atoms with Gasteiger partial charge in [-0.15, -0.1) is 0 Å². The summed E-state index contributed by atoms with van der Waals surface area (Å²) in [6.45, 7) is 1.79. The van der Waals surface area contributed by atoms with Crippen LogP contribution in [-0.4, -0.2) is 16.4 Å². The zero-order chi connectivity index (χ0) is 8.81. The van der Waals surface area contributed by atoms with Gasteiger partial charge in [-0.1, -0.05) is 5.16 Å². The zero-order valence-corrected chi connectivity index (χ0v) is 7.12. The third kappa shape index (κ3) is 2.82. The Morgan fingerprint density at radius 2 is 2.33 bits per heavy atom. The van der Waals surface area contributed by atoms with Crippen LogP contribution in [0.15, 0.2) is 4.52 Å². The first kappa shape index (κ1) is 8.90. The van der Waals surface area contributed by atoms with Crippen LogP contribution in [0.25, 0.3) is 0 Å². The second-order valence-corrected chi connectivity index (χ2v) is 2.65. The molecule has 0 bridgehead atoms. The zero-order valence-electron chi connectivity index (χ0n) is 7.12. The highest BCUT2D eigenvalue weighted by atomic mass is 16.5. The monoisotopic (exact) mass is 168 g/mol. The van der Waals surface area contributed by atoms with Crippen molar-refractivity contribution in [3.05, 3.63) is 11.7 Å². The summed E-state index contributed by atoms with van der Waals surface area (Å²) in [6, 6.07) is 0.